The maximum atomic E-state index is 12.0. The summed E-state index contributed by atoms with van der Waals surface area (Å²) in [4.78, 5) is 24.0. The van der Waals surface area contributed by atoms with Gasteiger partial charge in [-0.15, -0.1) is 0 Å². The highest BCUT2D eigenvalue weighted by Crippen LogP contribution is 2.26. The summed E-state index contributed by atoms with van der Waals surface area (Å²) in [5.41, 5.74) is 0. The van der Waals surface area contributed by atoms with Crippen molar-refractivity contribution in [1.29, 1.82) is 0 Å². The molecule has 0 aromatic carbocycles. The lowest BCUT2D eigenvalue weighted by atomic mass is 9.94. The molecule has 0 heterocycles. The van der Waals surface area contributed by atoms with Crippen LogP contribution < -0.4 is 0 Å². The lowest BCUT2D eigenvalue weighted by Gasteiger charge is -2.30. The van der Waals surface area contributed by atoms with Crippen molar-refractivity contribution in [3.05, 3.63) is 0 Å². The molecule has 1 aliphatic rings. The van der Waals surface area contributed by atoms with Crippen LogP contribution in [0.1, 0.15) is 79.1 Å². The van der Waals surface area contributed by atoms with Crippen LogP contribution >= 0.6 is 0 Å². The van der Waals surface area contributed by atoms with Crippen LogP contribution in [0.25, 0.3) is 0 Å². The number of carbonyl (C=O) groups excluding carboxylic acids is 2. The molecule has 0 N–H and O–H groups in total. The topological polar surface area (TPSA) is 52.6 Å². The predicted octanol–water partition coefficient (Wildman–Crippen LogP) is 4.26. The van der Waals surface area contributed by atoms with Crippen molar-refractivity contribution >= 4 is 11.9 Å². The normalized spacial score (nSPS) is 24.4. The summed E-state index contributed by atoms with van der Waals surface area (Å²) in [6.07, 6.45) is 6.84. The van der Waals surface area contributed by atoms with Crippen LogP contribution in [0.5, 0.6) is 0 Å². The standard InChI is InChI=1S/C18H32O4/c1-5-8-13(3)17(19)21-15-10-7-11-16(12-15)22-18(20)14(4)9-6-2/h13-16H,5-12H2,1-4H3. The highest BCUT2D eigenvalue weighted by atomic mass is 16.6. The molecule has 4 heteroatoms. The van der Waals surface area contributed by atoms with Crippen molar-refractivity contribution in [3.8, 4) is 0 Å². The molecule has 0 aromatic rings. The molecule has 0 bridgehead atoms. The summed E-state index contributed by atoms with van der Waals surface area (Å²) in [6.45, 7) is 7.96. The molecule has 4 nitrogen and oxygen atoms in total. The quantitative estimate of drug-likeness (QED) is 0.628. The summed E-state index contributed by atoms with van der Waals surface area (Å²) < 4.78 is 11.2. The molecule has 0 spiro atoms. The van der Waals surface area contributed by atoms with Gasteiger partial charge in [0.05, 0.1) is 11.8 Å². The lowest BCUT2D eigenvalue weighted by molar-refractivity contribution is -0.163. The molecular weight excluding hydrogens is 280 g/mol. The summed E-state index contributed by atoms with van der Waals surface area (Å²) in [6, 6.07) is 0. The molecule has 0 aliphatic heterocycles. The summed E-state index contributed by atoms with van der Waals surface area (Å²) in [5.74, 6) is -0.314. The maximum absolute atomic E-state index is 12.0. The van der Waals surface area contributed by atoms with Gasteiger partial charge in [0.15, 0.2) is 0 Å². The molecule has 22 heavy (non-hydrogen) atoms. The Morgan fingerprint density at radius 3 is 1.68 bits per heavy atom. The Bertz CT molecular complexity index is 321. The van der Waals surface area contributed by atoms with E-state index in [-0.39, 0.29) is 36.0 Å². The zero-order valence-electron chi connectivity index (χ0n) is 14.6. The van der Waals surface area contributed by atoms with Crippen molar-refractivity contribution in [3.63, 3.8) is 0 Å². The zero-order valence-corrected chi connectivity index (χ0v) is 14.6. The van der Waals surface area contributed by atoms with E-state index in [1.165, 1.54) is 0 Å². The molecule has 1 rings (SSSR count). The van der Waals surface area contributed by atoms with E-state index in [0.29, 0.717) is 6.42 Å². The molecule has 1 aliphatic carbocycles. The van der Waals surface area contributed by atoms with Gasteiger partial charge >= 0.3 is 11.9 Å². The minimum Gasteiger partial charge on any atom is -0.462 e. The predicted molar refractivity (Wildman–Crippen MR) is 86.4 cm³/mol. The van der Waals surface area contributed by atoms with Crippen LogP contribution in [0, 0.1) is 11.8 Å². The number of hydrogen-bond donors (Lipinski definition) is 0. The van der Waals surface area contributed by atoms with Gasteiger partial charge in [-0.2, -0.15) is 0 Å². The Hall–Kier alpha value is -1.06. The summed E-state index contributed by atoms with van der Waals surface area (Å²) >= 11 is 0. The first-order valence-electron chi connectivity index (χ1n) is 8.88. The third-order valence-electron chi connectivity index (χ3n) is 4.39. The molecule has 0 amide bonds. The average molecular weight is 312 g/mol. The number of esters is 2. The van der Waals surface area contributed by atoms with Crippen LogP contribution in [-0.2, 0) is 19.1 Å². The van der Waals surface area contributed by atoms with E-state index in [9.17, 15) is 9.59 Å². The van der Waals surface area contributed by atoms with E-state index in [4.69, 9.17) is 9.47 Å². The van der Waals surface area contributed by atoms with Gasteiger partial charge in [0, 0.05) is 6.42 Å². The minimum atomic E-state index is -0.113. The first kappa shape index (κ1) is 19.0. The van der Waals surface area contributed by atoms with Crippen LogP contribution in [0.15, 0.2) is 0 Å². The fourth-order valence-electron chi connectivity index (χ4n) is 2.98. The summed E-state index contributed by atoms with van der Waals surface area (Å²) in [5, 5.41) is 0. The first-order valence-corrected chi connectivity index (χ1v) is 8.88. The monoisotopic (exact) mass is 312 g/mol. The lowest BCUT2D eigenvalue weighted by Crippen LogP contribution is -2.33. The molecule has 1 saturated carbocycles. The van der Waals surface area contributed by atoms with E-state index < -0.39 is 0 Å². The molecule has 4 unspecified atom stereocenters. The Labute approximate surface area is 134 Å². The third-order valence-corrected chi connectivity index (χ3v) is 4.39. The average Bonchev–Trinajstić information content (AvgIpc) is 2.48. The molecule has 4 atom stereocenters. The molecular formula is C18H32O4. The molecule has 0 radical (unpaired) electrons. The van der Waals surface area contributed by atoms with Gasteiger partial charge in [-0.1, -0.05) is 40.5 Å². The second-order valence-electron chi connectivity index (χ2n) is 6.66. The maximum Gasteiger partial charge on any atom is 0.308 e. The van der Waals surface area contributed by atoms with Gasteiger partial charge in [0.25, 0.3) is 0 Å². The Kier molecular flexibility index (Phi) is 8.51. The van der Waals surface area contributed by atoms with Gasteiger partial charge in [-0.25, -0.2) is 0 Å². The van der Waals surface area contributed by atoms with Crippen molar-refractivity contribution < 1.29 is 19.1 Å². The van der Waals surface area contributed by atoms with Crippen LogP contribution in [-0.4, -0.2) is 24.1 Å². The number of rotatable bonds is 8. The highest BCUT2D eigenvalue weighted by Gasteiger charge is 2.29. The largest absolute Gasteiger partial charge is 0.462 e. The molecule has 1 fully saturated rings. The third kappa shape index (κ3) is 6.37. The number of carbonyl (C=O) groups is 2. The van der Waals surface area contributed by atoms with Crippen molar-refractivity contribution in [2.24, 2.45) is 11.8 Å². The van der Waals surface area contributed by atoms with Crippen LogP contribution in [0.2, 0.25) is 0 Å². The van der Waals surface area contributed by atoms with E-state index >= 15 is 0 Å². The van der Waals surface area contributed by atoms with E-state index in [0.717, 1.165) is 44.9 Å². The van der Waals surface area contributed by atoms with Crippen molar-refractivity contribution in [2.45, 2.75) is 91.3 Å². The number of ether oxygens (including phenoxy) is 2. The van der Waals surface area contributed by atoms with Crippen molar-refractivity contribution in [2.75, 3.05) is 0 Å². The van der Waals surface area contributed by atoms with Gasteiger partial charge in [-0.3, -0.25) is 9.59 Å². The van der Waals surface area contributed by atoms with Crippen LogP contribution in [0.3, 0.4) is 0 Å². The smallest absolute Gasteiger partial charge is 0.308 e. The molecule has 0 aromatic heterocycles. The highest BCUT2D eigenvalue weighted by molar-refractivity contribution is 5.72. The fraction of sp³-hybridized carbons (Fsp3) is 0.889. The molecule has 128 valence electrons. The first-order chi connectivity index (χ1) is 10.5. The minimum absolute atomic E-state index is 0.0440. The second-order valence-corrected chi connectivity index (χ2v) is 6.66. The second kappa shape index (κ2) is 9.86. The van der Waals surface area contributed by atoms with Crippen molar-refractivity contribution in [1.82, 2.24) is 0 Å². The SMILES string of the molecule is CCCC(C)C(=O)OC1CCCC(OC(=O)C(C)CCC)C1. The van der Waals surface area contributed by atoms with Gasteiger partial charge in [0.2, 0.25) is 0 Å². The Balaban J connectivity index is 2.41. The molecule has 0 saturated heterocycles. The zero-order chi connectivity index (χ0) is 16.5. The fourth-order valence-corrected chi connectivity index (χ4v) is 2.98. The van der Waals surface area contributed by atoms with Gasteiger partial charge in [0.1, 0.15) is 12.2 Å². The van der Waals surface area contributed by atoms with Crippen LogP contribution in [0.4, 0.5) is 0 Å². The Morgan fingerprint density at radius 2 is 1.32 bits per heavy atom. The number of hydrogen-bond acceptors (Lipinski definition) is 4. The summed E-state index contributed by atoms with van der Waals surface area (Å²) in [7, 11) is 0. The van der Waals surface area contributed by atoms with E-state index in [1.54, 1.807) is 0 Å². The van der Waals surface area contributed by atoms with E-state index in [1.807, 2.05) is 13.8 Å². The Morgan fingerprint density at radius 1 is 0.909 bits per heavy atom. The van der Waals surface area contributed by atoms with Gasteiger partial charge < -0.3 is 9.47 Å². The van der Waals surface area contributed by atoms with E-state index in [2.05, 4.69) is 13.8 Å². The van der Waals surface area contributed by atoms with Gasteiger partial charge in [-0.05, 0) is 32.1 Å².